The van der Waals surface area contributed by atoms with E-state index in [0.717, 1.165) is 31.7 Å². The molecule has 0 N–H and O–H groups in total. The highest BCUT2D eigenvalue weighted by Gasteiger charge is 2.35. The number of amides is 2. The Bertz CT molecular complexity index is 463. The molecule has 2 amide bonds. The minimum atomic E-state index is 0.210. The van der Waals surface area contributed by atoms with Gasteiger partial charge in [-0.3, -0.25) is 9.59 Å². The number of thioether (sulfide) groups is 1. The van der Waals surface area contributed by atoms with Crippen LogP contribution in [-0.4, -0.2) is 52.4 Å². The first-order valence-electron chi connectivity index (χ1n) is 10.4. The van der Waals surface area contributed by atoms with Crippen molar-refractivity contribution < 1.29 is 9.59 Å². The first-order valence-corrected chi connectivity index (χ1v) is 11.3. The lowest BCUT2D eigenvalue weighted by Crippen LogP contribution is -2.48. The van der Waals surface area contributed by atoms with E-state index >= 15 is 0 Å². The Balaban J connectivity index is 1.41. The molecule has 3 rings (SSSR count). The summed E-state index contributed by atoms with van der Waals surface area (Å²) in [6.07, 6.45) is 14.1. The standard InChI is InChI=1S/C20H34N2O2S/c1-21(17-10-3-2-4-11-17)19(23)13-15-25-20(24)22-14-7-9-16-8-5-6-12-18(16)22/h16-18H,2-15H2,1H3. The fourth-order valence-electron chi connectivity index (χ4n) is 5.01. The van der Waals surface area contributed by atoms with Gasteiger partial charge in [0.05, 0.1) is 0 Å². The third-order valence-corrected chi connectivity index (χ3v) is 7.42. The van der Waals surface area contributed by atoms with Gasteiger partial charge < -0.3 is 9.80 Å². The van der Waals surface area contributed by atoms with Crippen LogP contribution in [-0.2, 0) is 4.79 Å². The average Bonchev–Trinajstić information content (AvgIpc) is 2.67. The van der Waals surface area contributed by atoms with Crippen molar-refractivity contribution in [1.82, 2.24) is 9.80 Å². The van der Waals surface area contributed by atoms with Gasteiger partial charge in [0.15, 0.2) is 0 Å². The number of piperidine rings is 1. The molecule has 3 fully saturated rings. The summed E-state index contributed by atoms with van der Waals surface area (Å²) in [5.41, 5.74) is 0. The van der Waals surface area contributed by atoms with E-state index in [1.807, 2.05) is 11.9 Å². The van der Waals surface area contributed by atoms with Gasteiger partial charge in [-0.2, -0.15) is 0 Å². The van der Waals surface area contributed by atoms with Crippen LogP contribution in [0.25, 0.3) is 0 Å². The number of rotatable bonds is 4. The Kier molecular flexibility index (Phi) is 7.08. The van der Waals surface area contributed by atoms with Crippen molar-refractivity contribution in [2.45, 2.75) is 89.1 Å². The maximum atomic E-state index is 12.7. The Morgan fingerprint density at radius 1 is 0.960 bits per heavy atom. The summed E-state index contributed by atoms with van der Waals surface area (Å²) in [7, 11) is 1.95. The summed E-state index contributed by atoms with van der Waals surface area (Å²) >= 11 is 1.37. The molecule has 1 saturated heterocycles. The third-order valence-electron chi connectivity index (χ3n) is 6.54. The number of hydrogen-bond acceptors (Lipinski definition) is 3. The minimum Gasteiger partial charge on any atom is -0.343 e. The highest BCUT2D eigenvalue weighted by Crippen LogP contribution is 2.36. The first kappa shape index (κ1) is 19.1. The molecule has 2 aliphatic carbocycles. The zero-order valence-electron chi connectivity index (χ0n) is 15.8. The fraction of sp³-hybridized carbons (Fsp3) is 0.900. The number of fused-ring (bicyclic) bond motifs is 1. The fourth-order valence-corrected chi connectivity index (χ4v) is 5.85. The third kappa shape index (κ3) is 4.93. The van der Waals surface area contributed by atoms with Crippen LogP contribution < -0.4 is 0 Å². The molecule has 0 spiro atoms. The van der Waals surface area contributed by atoms with E-state index < -0.39 is 0 Å². The molecule has 0 aromatic heterocycles. The van der Waals surface area contributed by atoms with Gasteiger partial charge in [-0.05, 0) is 44.4 Å². The van der Waals surface area contributed by atoms with E-state index in [1.54, 1.807) is 0 Å². The highest BCUT2D eigenvalue weighted by atomic mass is 32.2. The van der Waals surface area contributed by atoms with Crippen molar-refractivity contribution in [3.05, 3.63) is 0 Å². The molecule has 3 aliphatic rings. The van der Waals surface area contributed by atoms with Gasteiger partial charge >= 0.3 is 0 Å². The zero-order valence-corrected chi connectivity index (χ0v) is 16.6. The summed E-state index contributed by atoms with van der Waals surface area (Å²) in [6, 6.07) is 0.898. The second kappa shape index (κ2) is 9.29. The van der Waals surface area contributed by atoms with Gasteiger partial charge in [0.2, 0.25) is 5.91 Å². The van der Waals surface area contributed by atoms with E-state index in [-0.39, 0.29) is 11.1 Å². The van der Waals surface area contributed by atoms with Gasteiger partial charge in [-0.1, -0.05) is 43.9 Å². The Morgan fingerprint density at radius 2 is 1.64 bits per heavy atom. The van der Waals surface area contributed by atoms with Crippen LogP contribution in [0.4, 0.5) is 4.79 Å². The number of likely N-dealkylation sites (tertiary alicyclic amines) is 1. The van der Waals surface area contributed by atoms with Gasteiger partial charge in [-0.25, -0.2) is 0 Å². The maximum Gasteiger partial charge on any atom is 0.281 e. The smallest absolute Gasteiger partial charge is 0.281 e. The molecule has 1 heterocycles. The van der Waals surface area contributed by atoms with E-state index in [4.69, 9.17) is 0 Å². The minimum absolute atomic E-state index is 0.210. The van der Waals surface area contributed by atoms with E-state index in [1.165, 1.54) is 63.1 Å². The van der Waals surface area contributed by atoms with Crippen LogP contribution in [0.15, 0.2) is 0 Å². The summed E-state index contributed by atoms with van der Waals surface area (Å²) in [5, 5.41) is 0.213. The molecule has 25 heavy (non-hydrogen) atoms. The largest absolute Gasteiger partial charge is 0.343 e. The predicted octanol–water partition coefficient (Wildman–Crippen LogP) is 4.68. The van der Waals surface area contributed by atoms with Crippen molar-refractivity contribution in [2.24, 2.45) is 5.92 Å². The normalized spacial score (nSPS) is 27.6. The Labute approximate surface area is 157 Å². The summed E-state index contributed by atoms with van der Waals surface area (Å²) < 4.78 is 0. The first-order chi connectivity index (χ1) is 12.2. The number of hydrogen-bond donors (Lipinski definition) is 0. The number of carbonyl (C=O) groups is 2. The van der Waals surface area contributed by atoms with Crippen LogP contribution >= 0.6 is 11.8 Å². The Hall–Kier alpha value is -0.710. The zero-order chi connectivity index (χ0) is 17.6. The molecule has 0 aromatic rings. The van der Waals surface area contributed by atoms with E-state index in [2.05, 4.69) is 4.90 Å². The maximum absolute atomic E-state index is 12.7. The average molecular weight is 367 g/mol. The van der Waals surface area contributed by atoms with Crippen molar-refractivity contribution in [3.63, 3.8) is 0 Å². The second-order valence-electron chi connectivity index (χ2n) is 8.11. The summed E-state index contributed by atoms with van der Waals surface area (Å²) in [5.74, 6) is 1.57. The SMILES string of the molecule is CN(C(=O)CCSC(=O)N1CCCC2CCCCC21)C1CCCCC1. The molecular formula is C20H34N2O2S. The second-order valence-corrected chi connectivity index (χ2v) is 9.15. The van der Waals surface area contributed by atoms with Crippen LogP contribution in [0.2, 0.25) is 0 Å². The van der Waals surface area contributed by atoms with Crippen LogP contribution in [0.1, 0.15) is 77.0 Å². The monoisotopic (exact) mass is 366 g/mol. The topological polar surface area (TPSA) is 40.6 Å². The Morgan fingerprint density at radius 3 is 2.44 bits per heavy atom. The van der Waals surface area contributed by atoms with Crippen LogP contribution in [0, 0.1) is 5.92 Å². The molecule has 2 saturated carbocycles. The molecule has 0 bridgehead atoms. The van der Waals surface area contributed by atoms with E-state index in [0.29, 0.717) is 24.3 Å². The number of carbonyl (C=O) groups excluding carboxylic acids is 2. The van der Waals surface area contributed by atoms with Gasteiger partial charge in [0, 0.05) is 37.8 Å². The lowest BCUT2D eigenvalue weighted by molar-refractivity contribution is -0.132. The molecule has 142 valence electrons. The van der Waals surface area contributed by atoms with Gasteiger partial charge in [0.25, 0.3) is 5.24 Å². The van der Waals surface area contributed by atoms with E-state index in [9.17, 15) is 9.59 Å². The van der Waals surface area contributed by atoms with Gasteiger partial charge in [0.1, 0.15) is 0 Å². The molecule has 2 atom stereocenters. The summed E-state index contributed by atoms with van der Waals surface area (Å²) in [6.45, 7) is 0.920. The molecular weight excluding hydrogens is 332 g/mol. The highest BCUT2D eigenvalue weighted by molar-refractivity contribution is 8.13. The van der Waals surface area contributed by atoms with Crippen molar-refractivity contribution >= 4 is 22.9 Å². The molecule has 4 nitrogen and oxygen atoms in total. The van der Waals surface area contributed by atoms with Crippen LogP contribution in [0.5, 0.6) is 0 Å². The van der Waals surface area contributed by atoms with Crippen molar-refractivity contribution in [3.8, 4) is 0 Å². The van der Waals surface area contributed by atoms with Gasteiger partial charge in [-0.15, -0.1) is 0 Å². The predicted molar refractivity (Wildman–Crippen MR) is 104 cm³/mol. The lowest BCUT2D eigenvalue weighted by Gasteiger charge is -2.43. The molecule has 5 heteroatoms. The summed E-state index contributed by atoms with van der Waals surface area (Å²) in [4.78, 5) is 29.2. The molecule has 0 aromatic carbocycles. The van der Waals surface area contributed by atoms with Crippen LogP contribution in [0.3, 0.4) is 0 Å². The molecule has 0 radical (unpaired) electrons. The number of nitrogens with zero attached hydrogens (tertiary/aromatic N) is 2. The van der Waals surface area contributed by atoms with Crippen molar-refractivity contribution in [2.75, 3.05) is 19.3 Å². The quantitative estimate of drug-likeness (QED) is 0.725. The lowest BCUT2D eigenvalue weighted by atomic mass is 9.78. The molecule has 2 unspecified atom stereocenters. The molecule has 1 aliphatic heterocycles. The van der Waals surface area contributed by atoms with Crippen molar-refractivity contribution in [1.29, 1.82) is 0 Å².